The van der Waals surface area contributed by atoms with Gasteiger partial charge in [0.1, 0.15) is 5.82 Å². The number of hydrogen-bond donors (Lipinski definition) is 2. The maximum Gasteiger partial charge on any atom is 0.229 e. The Hall–Kier alpha value is -4.09. The Morgan fingerprint density at radius 2 is 2.00 bits per heavy atom. The number of anilines is 1. The molecule has 0 fully saturated rings. The number of hydrogen-bond acceptors (Lipinski definition) is 7. The van der Waals surface area contributed by atoms with Gasteiger partial charge in [-0.25, -0.2) is 4.98 Å². The van der Waals surface area contributed by atoms with E-state index < -0.39 is 0 Å². The maximum absolute atomic E-state index is 12.0. The van der Waals surface area contributed by atoms with Gasteiger partial charge < -0.3 is 15.2 Å². The van der Waals surface area contributed by atoms with E-state index in [1.54, 1.807) is 25.3 Å². The van der Waals surface area contributed by atoms with Gasteiger partial charge in [0.05, 0.1) is 18.1 Å². The lowest BCUT2D eigenvalue weighted by Gasteiger charge is -2.10. The first-order chi connectivity index (χ1) is 17.0. The van der Waals surface area contributed by atoms with Crippen LogP contribution in [0.1, 0.15) is 49.1 Å². The number of nitriles is 1. The van der Waals surface area contributed by atoms with Crippen molar-refractivity contribution in [3.8, 4) is 17.5 Å². The molecule has 180 valence electrons. The number of nitrogens with one attached hydrogen (secondary N) is 2. The summed E-state index contributed by atoms with van der Waals surface area (Å²) in [4.78, 5) is 20.3. The van der Waals surface area contributed by atoms with Gasteiger partial charge in [0.25, 0.3) is 0 Å². The molecule has 0 aliphatic heterocycles. The number of carbonyl (C=O) groups is 1. The van der Waals surface area contributed by atoms with E-state index in [0.717, 1.165) is 36.1 Å². The van der Waals surface area contributed by atoms with E-state index in [1.807, 2.05) is 37.4 Å². The Morgan fingerprint density at radius 1 is 1.20 bits per heavy atom. The molecular formula is C27H30N6O2. The molecule has 8 nitrogen and oxygen atoms in total. The van der Waals surface area contributed by atoms with Crippen molar-refractivity contribution >= 4 is 11.7 Å². The summed E-state index contributed by atoms with van der Waals surface area (Å²) in [5, 5.41) is 18.3. The van der Waals surface area contributed by atoms with Gasteiger partial charge >= 0.3 is 0 Å². The first-order valence-electron chi connectivity index (χ1n) is 11.5. The summed E-state index contributed by atoms with van der Waals surface area (Å²) in [5.74, 6) is 1.92. The normalized spacial score (nSPS) is 13.1. The van der Waals surface area contributed by atoms with Crippen LogP contribution in [0.3, 0.4) is 0 Å². The van der Waals surface area contributed by atoms with Gasteiger partial charge in [0, 0.05) is 25.2 Å². The summed E-state index contributed by atoms with van der Waals surface area (Å²) in [5.41, 5.74) is 3.78. The number of aromatic nitrogens is 3. The minimum atomic E-state index is -0.0755. The molecule has 2 aromatic heterocycles. The highest BCUT2D eigenvalue weighted by Crippen LogP contribution is 2.18. The molecule has 2 heterocycles. The Morgan fingerprint density at radius 3 is 2.57 bits per heavy atom. The number of rotatable bonds is 7. The first kappa shape index (κ1) is 25.5. The van der Waals surface area contributed by atoms with Crippen molar-refractivity contribution in [3.63, 3.8) is 0 Å². The van der Waals surface area contributed by atoms with Gasteiger partial charge in [-0.3, -0.25) is 4.79 Å². The van der Waals surface area contributed by atoms with Gasteiger partial charge in [-0.2, -0.15) is 10.2 Å². The SMILES string of the molecule is CNCC(C)c1ccc(C#N)cc1.Cc1nc(-c2ccc(NC(=O)CC3=CCCC=C3)nc2)no1. The number of benzene rings is 1. The highest BCUT2D eigenvalue weighted by Gasteiger charge is 2.09. The number of nitrogens with zero attached hydrogens (tertiary/aromatic N) is 4. The van der Waals surface area contributed by atoms with Crippen molar-refractivity contribution in [1.82, 2.24) is 20.4 Å². The summed E-state index contributed by atoms with van der Waals surface area (Å²) in [7, 11) is 1.94. The van der Waals surface area contributed by atoms with Crippen LogP contribution in [0.25, 0.3) is 11.4 Å². The molecule has 0 bridgehead atoms. The predicted octanol–water partition coefficient (Wildman–Crippen LogP) is 4.93. The van der Waals surface area contributed by atoms with Crippen LogP contribution >= 0.6 is 0 Å². The van der Waals surface area contributed by atoms with Crippen LogP contribution in [-0.2, 0) is 4.79 Å². The van der Waals surface area contributed by atoms with Crippen LogP contribution in [-0.4, -0.2) is 34.6 Å². The van der Waals surface area contributed by atoms with Gasteiger partial charge in [0.15, 0.2) is 0 Å². The number of carbonyl (C=O) groups excluding carboxylic acids is 1. The molecule has 0 saturated carbocycles. The average Bonchev–Trinajstić information content (AvgIpc) is 3.32. The third kappa shape index (κ3) is 8.02. The zero-order chi connectivity index (χ0) is 25.0. The van der Waals surface area contributed by atoms with E-state index >= 15 is 0 Å². The first-order valence-corrected chi connectivity index (χ1v) is 11.5. The largest absolute Gasteiger partial charge is 0.339 e. The van der Waals surface area contributed by atoms with Gasteiger partial charge in [-0.05, 0) is 61.2 Å². The highest BCUT2D eigenvalue weighted by atomic mass is 16.5. The summed E-state index contributed by atoms with van der Waals surface area (Å²) in [6.07, 6.45) is 10.2. The molecule has 35 heavy (non-hydrogen) atoms. The zero-order valence-corrected chi connectivity index (χ0v) is 20.3. The van der Waals surface area contributed by atoms with Gasteiger partial charge in [-0.1, -0.05) is 42.4 Å². The molecule has 1 amide bonds. The van der Waals surface area contributed by atoms with Crippen LogP contribution in [0.5, 0.6) is 0 Å². The fourth-order valence-electron chi connectivity index (χ4n) is 3.50. The number of allylic oxidation sites excluding steroid dienone is 3. The van der Waals surface area contributed by atoms with Gasteiger partial charge in [-0.15, -0.1) is 0 Å². The molecular weight excluding hydrogens is 440 g/mol. The third-order valence-corrected chi connectivity index (χ3v) is 5.37. The minimum Gasteiger partial charge on any atom is -0.339 e. The lowest BCUT2D eigenvalue weighted by Crippen LogP contribution is -2.14. The van der Waals surface area contributed by atoms with Crippen molar-refractivity contribution in [2.75, 3.05) is 18.9 Å². The number of aryl methyl sites for hydroxylation is 1. The van der Waals surface area contributed by atoms with E-state index in [0.29, 0.717) is 29.9 Å². The molecule has 1 aliphatic rings. The summed E-state index contributed by atoms with van der Waals surface area (Å²) >= 11 is 0. The van der Waals surface area contributed by atoms with Crippen molar-refractivity contribution in [3.05, 3.63) is 83.4 Å². The Balaban J connectivity index is 0.000000225. The Bertz CT molecular complexity index is 1200. The van der Waals surface area contributed by atoms with Crippen LogP contribution in [0, 0.1) is 18.3 Å². The second kappa shape index (κ2) is 13.0. The predicted molar refractivity (Wildman–Crippen MR) is 135 cm³/mol. The highest BCUT2D eigenvalue weighted by molar-refractivity contribution is 5.91. The molecule has 1 unspecified atom stereocenters. The molecule has 3 aromatic rings. The maximum atomic E-state index is 12.0. The van der Waals surface area contributed by atoms with Gasteiger partial charge in [0.2, 0.25) is 17.6 Å². The molecule has 0 radical (unpaired) electrons. The summed E-state index contributed by atoms with van der Waals surface area (Å²) in [6.45, 7) is 4.86. The zero-order valence-electron chi connectivity index (χ0n) is 20.3. The monoisotopic (exact) mass is 470 g/mol. The number of amides is 1. The number of pyridine rings is 1. The molecule has 1 aromatic carbocycles. The van der Waals surface area contributed by atoms with E-state index in [1.165, 1.54) is 5.56 Å². The Labute approximate surface area is 205 Å². The fourth-order valence-corrected chi connectivity index (χ4v) is 3.50. The second-order valence-electron chi connectivity index (χ2n) is 8.25. The molecule has 8 heteroatoms. The molecule has 4 rings (SSSR count). The lowest BCUT2D eigenvalue weighted by atomic mass is 10.0. The van der Waals surface area contributed by atoms with E-state index in [-0.39, 0.29) is 5.91 Å². The van der Waals surface area contributed by atoms with Crippen LogP contribution in [0.2, 0.25) is 0 Å². The third-order valence-electron chi connectivity index (χ3n) is 5.37. The second-order valence-corrected chi connectivity index (χ2v) is 8.25. The molecule has 1 aliphatic carbocycles. The quantitative estimate of drug-likeness (QED) is 0.503. The van der Waals surface area contributed by atoms with Crippen molar-refractivity contribution in [1.29, 1.82) is 5.26 Å². The number of likely N-dealkylation sites (N-methyl/N-ethyl adjacent to an activating group) is 1. The molecule has 0 spiro atoms. The minimum absolute atomic E-state index is 0.0755. The van der Waals surface area contributed by atoms with E-state index in [4.69, 9.17) is 9.78 Å². The average molecular weight is 471 g/mol. The van der Waals surface area contributed by atoms with Crippen molar-refractivity contribution in [2.24, 2.45) is 0 Å². The van der Waals surface area contributed by atoms with E-state index in [9.17, 15) is 4.79 Å². The van der Waals surface area contributed by atoms with Crippen molar-refractivity contribution < 1.29 is 9.32 Å². The van der Waals surface area contributed by atoms with Crippen molar-refractivity contribution in [2.45, 2.75) is 39.0 Å². The van der Waals surface area contributed by atoms with Crippen LogP contribution < -0.4 is 10.6 Å². The van der Waals surface area contributed by atoms with Crippen LogP contribution in [0.15, 0.2) is 70.9 Å². The lowest BCUT2D eigenvalue weighted by molar-refractivity contribution is -0.115. The standard InChI is InChI=1S/C16H16N4O2.C11H14N2/c1-11-18-16(20-22-11)13-7-8-14(17-10-13)19-15(21)9-12-5-3-2-4-6-12;1-9(8-13-2)11-5-3-10(7-12)4-6-11/h3,5-8,10H,2,4,9H2,1H3,(H,17,19,21);3-6,9,13H,8H2,1-2H3. The Kier molecular flexibility index (Phi) is 9.46. The summed E-state index contributed by atoms with van der Waals surface area (Å²) < 4.78 is 4.93. The molecule has 1 atom stereocenters. The summed E-state index contributed by atoms with van der Waals surface area (Å²) in [6, 6.07) is 13.4. The van der Waals surface area contributed by atoms with E-state index in [2.05, 4.69) is 50.9 Å². The molecule has 0 saturated heterocycles. The molecule has 2 N–H and O–H groups in total. The smallest absolute Gasteiger partial charge is 0.229 e. The topological polar surface area (TPSA) is 117 Å². The van der Waals surface area contributed by atoms with Crippen LogP contribution in [0.4, 0.5) is 5.82 Å². The fraction of sp³-hybridized carbons (Fsp3) is 0.296.